The molecule has 0 N–H and O–H groups in total. The van der Waals surface area contributed by atoms with E-state index in [0.717, 1.165) is 12.8 Å². The number of carbonyl (C=O) groups excluding carboxylic acids is 1. The maximum absolute atomic E-state index is 13.3. The topological polar surface area (TPSA) is 26.3 Å². The van der Waals surface area contributed by atoms with Gasteiger partial charge in [0, 0.05) is 0 Å². The van der Waals surface area contributed by atoms with Crippen LogP contribution < -0.4 is 0 Å². The lowest BCUT2D eigenvalue weighted by Gasteiger charge is -2.03. The lowest BCUT2D eigenvalue weighted by Crippen LogP contribution is -2.04. The van der Waals surface area contributed by atoms with Gasteiger partial charge in [0.2, 0.25) is 5.83 Å². The van der Waals surface area contributed by atoms with Gasteiger partial charge in [-0.15, -0.1) is 0 Å². The maximum atomic E-state index is 13.3. The average molecular weight is 357 g/mol. The molecule has 0 atom stereocenters. The summed E-state index contributed by atoms with van der Waals surface area (Å²) in [7, 11) is 0. The van der Waals surface area contributed by atoms with Crippen molar-refractivity contribution >= 4 is 5.97 Å². The summed E-state index contributed by atoms with van der Waals surface area (Å²) in [5, 5.41) is 0. The molecule has 0 saturated carbocycles. The molecular formula is C22H41FO2. The minimum atomic E-state index is -0.830. The number of hydrogen-bond acceptors (Lipinski definition) is 2. The Labute approximate surface area is 155 Å². The SMILES string of the molecule is CCCCCCCCCCCCCCCCC/C=C(/F)C(=O)OCC. The first kappa shape index (κ1) is 24.1. The van der Waals surface area contributed by atoms with Gasteiger partial charge in [-0.05, 0) is 25.8 Å². The lowest BCUT2D eigenvalue weighted by atomic mass is 10.0. The van der Waals surface area contributed by atoms with Crippen molar-refractivity contribution in [1.29, 1.82) is 0 Å². The van der Waals surface area contributed by atoms with Gasteiger partial charge in [-0.3, -0.25) is 0 Å². The molecule has 0 rings (SSSR count). The summed E-state index contributed by atoms with van der Waals surface area (Å²) in [6.45, 7) is 4.17. The normalized spacial score (nSPS) is 11.7. The Morgan fingerprint density at radius 3 is 1.52 bits per heavy atom. The minimum Gasteiger partial charge on any atom is -0.461 e. The summed E-state index contributed by atoms with van der Waals surface area (Å²) in [5.41, 5.74) is 0. The van der Waals surface area contributed by atoms with E-state index in [4.69, 9.17) is 0 Å². The van der Waals surface area contributed by atoms with Gasteiger partial charge in [0.25, 0.3) is 0 Å². The molecule has 0 aliphatic heterocycles. The van der Waals surface area contributed by atoms with Crippen LogP contribution in [0.15, 0.2) is 11.9 Å². The first-order chi connectivity index (χ1) is 12.2. The van der Waals surface area contributed by atoms with Crippen molar-refractivity contribution in [3.05, 3.63) is 11.9 Å². The van der Waals surface area contributed by atoms with Crippen molar-refractivity contribution in [3.63, 3.8) is 0 Å². The highest BCUT2D eigenvalue weighted by molar-refractivity contribution is 5.85. The van der Waals surface area contributed by atoms with Gasteiger partial charge in [0.05, 0.1) is 6.61 Å². The minimum absolute atomic E-state index is 0.221. The molecule has 0 spiro atoms. The van der Waals surface area contributed by atoms with Crippen LogP contribution in [0.25, 0.3) is 0 Å². The molecule has 0 bridgehead atoms. The third kappa shape index (κ3) is 17.7. The first-order valence-corrected chi connectivity index (χ1v) is 10.7. The Kier molecular flexibility index (Phi) is 18.8. The fraction of sp³-hybridized carbons (Fsp3) is 0.864. The van der Waals surface area contributed by atoms with E-state index in [2.05, 4.69) is 11.7 Å². The van der Waals surface area contributed by atoms with Crippen LogP contribution >= 0.6 is 0 Å². The second-order valence-electron chi connectivity index (χ2n) is 7.01. The molecule has 0 saturated heterocycles. The van der Waals surface area contributed by atoms with Crippen molar-refractivity contribution in [2.24, 2.45) is 0 Å². The number of unbranched alkanes of at least 4 members (excludes halogenated alkanes) is 15. The molecule has 0 radical (unpaired) electrons. The molecule has 0 aromatic rings. The third-order valence-electron chi connectivity index (χ3n) is 4.60. The molecular weight excluding hydrogens is 315 g/mol. The highest BCUT2D eigenvalue weighted by Crippen LogP contribution is 2.14. The van der Waals surface area contributed by atoms with Crippen molar-refractivity contribution in [2.45, 2.75) is 117 Å². The number of hydrogen-bond donors (Lipinski definition) is 0. The van der Waals surface area contributed by atoms with Gasteiger partial charge in [-0.25, -0.2) is 4.79 Å². The van der Waals surface area contributed by atoms with E-state index in [0.29, 0.717) is 6.42 Å². The van der Waals surface area contributed by atoms with Crippen molar-refractivity contribution in [3.8, 4) is 0 Å². The van der Waals surface area contributed by atoms with E-state index in [1.54, 1.807) is 6.92 Å². The molecule has 148 valence electrons. The molecule has 25 heavy (non-hydrogen) atoms. The molecule has 0 aliphatic rings. The van der Waals surface area contributed by atoms with Crippen molar-refractivity contribution < 1.29 is 13.9 Å². The van der Waals surface area contributed by atoms with Crippen LogP contribution in [0.4, 0.5) is 4.39 Å². The lowest BCUT2D eigenvalue weighted by molar-refractivity contribution is -0.140. The summed E-state index contributed by atoms with van der Waals surface area (Å²) in [4.78, 5) is 11.1. The van der Waals surface area contributed by atoms with Gasteiger partial charge in [0.15, 0.2) is 0 Å². The van der Waals surface area contributed by atoms with Gasteiger partial charge in [-0.1, -0.05) is 96.8 Å². The van der Waals surface area contributed by atoms with E-state index in [1.165, 1.54) is 89.5 Å². The van der Waals surface area contributed by atoms with Crippen LogP contribution in [0.5, 0.6) is 0 Å². The summed E-state index contributed by atoms with van der Waals surface area (Å²) < 4.78 is 17.9. The molecule has 0 aromatic carbocycles. The molecule has 0 fully saturated rings. The van der Waals surface area contributed by atoms with Gasteiger partial charge in [-0.2, -0.15) is 4.39 Å². The molecule has 0 amide bonds. The quantitative estimate of drug-likeness (QED) is 0.143. The summed E-state index contributed by atoms with van der Waals surface area (Å²) in [5.74, 6) is -1.57. The van der Waals surface area contributed by atoms with Gasteiger partial charge in [0.1, 0.15) is 0 Å². The zero-order valence-electron chi connectivity index (χ0n) is 16.8. The number of esters is 1. The number of halogens is 1. The van der Waals surface area contributed by atoms with Crippen LogP contribution in [0.3, 0.4) is 0 Å². The van der Waals surface area contributed by atoms with Crippen LogP contribution in [0, 0.1) is 0 Å². The molecule has 0 heterocycles. The van der Waals surface area contributed by atoms with Crippen LogP contribution in [0.2, 0.25) is 0 Å². The summed E-state index contributed by atoms with van der Waals surface area (Å²) in [6.07, 6.45) is 21.8. The van der Waals surface area contributed by atoms with Gasteiger partial charge >= 0.3 is 5.97 Å². The number of rotatable bonds is 18. The predicted molar refractivity (Wildman–Crippen MR) is 105 cm³/mol. The standard InChI is InChI=1S/C22H41FO2/c1-3-5-6-7-8-9-10-11-12-13-14-15-16-17-18-19-20-21(23)22(24)25-4-2/h20H,3-19H2,1-2H3/b21-20+. The zero-order valence-corrected chi connectivity index (χ0v) is 16.8. The molecule has 3 heteroatoms. The monoisotopic (exact) mass is 356 g/mol. The Bertz CT molecular complexity index is 326. The average Bonchev–Trinajstić information content (AvgIpc) is 2.61. The smallest absolute Gasteiger partial charge is 0.366 e. The Morgan fingerprint density at radius 2 is 1.12 bits per heavy atom. The predicted octanol–water partition coefficient (Wildman–Crippen LogP) is 7.66. The van der Waals surface area contributed by atoms with E-state index in [9.17, 15) is 9.18 Å². The van der Waals surface area contributed by atoms with Crippen molar-refractivity contribution in [1.82, 2.24) is 0 Å². The highest BCUT2D eigenvalue weighted by Gasteiger charge is 2.07. The fourth-order valence-corrected chi connectivity index (χ4v) is 3.03. The van der Waals surface area contributed by atoms with E-state index < -0.39 is 11.8 Å². The molecule has 0 aromatic heterocycles. The van der Waals surface area contributed by atoms with Gasteiger partial charge < -0.3 is 4.74 Å². The largest absolute Gasteiger partial charge is 0.461 e. The summed E-state index contributed by atoms with van der Waals surface area (Å²) >= 11 is 0. The van der Waals surface area contributed by atoms with Crippen LogP contribution in [-0.4, -0.2) is 12.6 Å². The van der Waals surface area contributed by atoms with E-state index in [1.807, 2.05) is 0 Å². The highest BCUT2D eigenvalue weighted by atomic mass is 19.1. The second-order valence-corrected chi connectivity index (χ2v) is 7.01. The van der Waals surface area contributed by atoms with E-state index in [-0.39, 0.29) is 6.61 Å². The molecule has 0 unspecified atom stereocenters. The Balaban J connectivity index is 3.21. The number of allylic oxidation sites excluding steroid dienone is 1. The zero-order chi connectivity index (χ0) is 18.6. The van der Waals surface area contributed by atoms with E-state index >= 15 is 0 Å². The van der Waals surface area contributed by atoms with Crippen LogP contribution in [-0.2, 0) is 9.53 Å². The third-order valence-corrected chi connectivity index (χ3v) is 4.60. The second kappa shape index (κ2) is 19.5. The Hall–Kier alpha value is -0.860. The summed E-state index contributed by atoms with van der Waals surface area (Å²) in [6, 6.07) is 0. The van der Waals surface area contributed by atoms with Crippen molar-refractivity contribution in [2.75, 3.05) is 6.61 Å². The number of ether oxygens (including phenoxy) is 1. The first-order valence-electron chi connectivity index (χ1n) is 10.7. The fourth-order valence-electron chi connectivity index (χ4n) is 3.03. The van der Waals surface area contributed by atoms with Crippen LogP contribution in [0.1, 0.15) is 117 Å². The maximum Gasteiger partial charge on any atom is 0.366 e. The Morgan fingerprint density at radius 1 is 0.720 bits per heavy atom. The number of carbonyl (C=O) groups is 1. The molecule has 0 aliphatic carbocycles. The molecule has 2 nitrogen and oxygen atoms in total.